The molecule has 0 unspecified atom stereocenters. The van der Waals surface area contributed by atoms with E-state index in [1.165, 1.54) is 0 Å². The van der Waals surface area contributed by atoms with Gasteiger partial charge in [-0.2, -0.15) is 0 Å². The number of likely N-dealkylation sites (N-methyl/N-ethyl adjacent to an activating group) is 1. The van der Waals surface area contributed by atoms with Crippen LogP contribution in [-0.2, 0) is 4.79 Å². The number of carbonyl (C=O) groups is 1. The fourth-order valence-corrected chi connectivity index (χ4v) is 1.54. The molecule has 0 fully saturated rings. The molecule has 0 aromatic carbocycles. The highest BCUT2D eigenvalue weighted by atomic mass is 16.2. The second-order valence-electron chi connectivity index (χ2n) is 3.98. The molecule has 0 bridgehead atoms. The van der Waals surface area contributed by atoms with Crippen LogP contribution in [0.3, 0.4) is 0 Å². The molecule has 0 saturated carbocycles. The third-order valence-corrected chi connectivity index (χ3v) is 2.80. The van der Waals surface area contributed by atoms with Gasteiger partial charge in [-0.1, -0.05) is 0 Å². The highest BCUT2D eigenvalue weighted by Gasteiger charge is 2.10. The van der Waals surface area contributed by atoms with Crippen molar-refractivity contribution in [3.63, 3.8) is 0 Å². The first kappa shape index (κ1) is 12.3. The lowest BCUT2D eigenvalue weighted by Crippen LogP contribution is -2.32. The number of carbonyl (C=O) groups excluding carboxylic acids is 1. The topological polar surface area (TPSA) is 75.4 Å². The summed E-state index contributed by atoms with van der Waals surface area (Å²) < 4.78 is 1.82. The molecule has 1 N–H and O–H groups in total. The lowest BCUT2D eigenvalue weighted by Gasteiger charge is -2.14. The van der Waals surface area contributed by atoms with Crippen molar-refractivity contribution in [1.82, 2.24) is 24.5 Å². The van der Waals surface area contributed by atoms with Gasteiger partial charge in [-0.05, 0) is 13.8 Å². The Bertz CT molecular complexity index is 564. The first-order valence-electron chi connectivity index (χ1n) is 5.77. The summed E-state index contributed by atoms with van der Waals surface area (Å²) in [7, 11) is 1.76. The quantitative estimate of drug-likeness (QED) is 0.843. The summed E-state index contributed by atoms with van der Waals surface area (Å²) in [5.74, 6) is 1.36. The van der Waals surface area contributed by atoms with Gasteiger partial charge in [0.2, 0.25) is 11.6 Å². The van der Waals surface area contributed by atoms with E-state index in [0.29, 0.717) is 18.0 Å². The summed E-state index contributed by atoms with van der Waals surface area (Å²) >= 11 is 0. The predicted octanol–water partition coefficient (Wildman–Crippen LogP) is 0.323. The van der Waals surface area contributed by atoms with E-state index in [2.05, 4.69) is 20.5 Å². The van der Waals surface area contributed by atoms with Gasteiger partial charge in [-0.25, -0.2) is 4.98 Å². The van der Waals surface area contributed by atoms with Crippen molar-refractivity contribution in [3.8, 4) is 0 Å². The van der Waals surface area contributed by atoms with Gasteiger partial charge in [-0.15, -0.1) is 10.2 Å². The third-order valence-electron chi connectivity index (χ3n) is 2.80. The Kier molecular flexibility index (Phi) is 3.40. The van der Waals surface area contributed by atoms with Crippen LogP contribution in [0, 0.1) is 6.92 Å². The smallest absolute Gasteiger partial charge is 0.241 e. The number of fused-ring (bicyclic) bond motifs is 1. The molecule has 96 valence electrons. The van der Waals surface area contributed by atoms with Gasteiger partial charge in [0.15, 0.2) is 5.82 Å². The van der Waals surface area contributed by atoms with E-state index in [0.717, 1.165) is 5.82 Å². The number of aryl methyl sites for hydroxylation is 1. The van der Waals surface area contributed by atoms with E-state index >= 15 is 0 Å². The Labute approximate surface area is 105 Å². The zero-order chi connectivity index (χ0) is 13.1. The number of amides is 1. The van der Waals surface area contributed by atoms with E-state index < -0.39 is 0 Å². The normalized spacial score (nSPS) is 10.6. The van der Waals surface area contributed by atoms with Gasteiger partial charge in [0.1, 0.15) is 5.82 Å². The fourth-order valence-electron chi connectivity index (χ4n) is 1.54. The van der Waals surface area contributed by atoms with Gasteiger partial charge in [-0.3, -0.25) is 9.20 Å². The third kappa shape index (κ3) is 2.24. The molecule has 0 aliphatic carbocycles. The molecule has 2 rings (SSSR count). The summed E-state index contributed by atoms with van der Waals surface area (Å²) in [5.41, 5.74) is 0.627. The van der Waals surface area contributed by atoms with Crippen molar-refractivity contribution in [3.05, 3.63) is 18.2 Å². The van der Waals surface area contributed by atoms with Gasteiger partial charge in [0.05, 0.1) is 6.54 Å². The molecule has 0 spiro atoms. The van der Waals surface area contributed by atoms with Crippen molar-refractivity contribution in [2.45, 2.75) is 13.8 Å². The van der Waals surface area contributed by atoms with E-state index in [1.807, 2.05) is 18.2 Å². The van der Waals surface area contributed by atoms with Crippen LogP contribution in [0.4, 0.5) is 5.82 Å². The van der Waals surface area contributed by atoms with Crippen molar-refractivity contribution >= 4 is 17.4 Å². The molecule has 7 nitrogen and oxygen atoms in total. The number of rotatable bonds is 4. The monoisotopic (exact) mass is 248 g/mol. The fraction of sp³-hybridized carbons (Fsp3) is 0.455. The van der Waals surface area contributed by atoms with Crippen molar-refractivity contribution in [2.75, 3.05) is 25.5 Å². The van der Waals surface area contributed by atoms with Crippen LogP contribution in [0.15, 0.2) is 12.4 Å². The predicted molar refractivity (Wildman–Crippen MR) is 67.3 cm³/mol. The molecule has 7 heteroatoms. The largest absolute Gasteiger partial charge is 0.358 e. The highest BCUT2D eigenvalue weighted by Crippen LogP contribution is 2.11. The maximum Gasteiger partial charge on any atom is 0.241 e. The summed E-state index contributed by atoms with van der Waals surface area (Å²) in [4.78, 5) is 17.5. The molecule has 1 amide bonds. The average Bonchev–Trinajstić information content (AvgIpc) is 2.77. The Morgan fingerprint density at radius 3 is 3.00 bits per heavy atom. The van der Waals surface area contributed by atoms with Gasteiger partial charge in [0, 0.05) is 26.0 Å². The number of hydrogen-bond donors (Lipinski definition) is 1. The molecule has 0 aliphatic rings. The lowest BCUT2D eigenvalue weighted by atomic mass is 10.4. The van der Waals surface area contributed by atoms with Crippen LogP contribution in [0.2, 0.25) is 0 Å². The first-order chi connectivity index (χ1) is 8.63. The van der Waals surface area contributed by atoms with Crippen LogP contribution >= 0.6 is 0 Å². The highest BCUT2D eigenvalue weighted by molar-refractivity contribution is 5.81. The molecular weight excluding hydrogens is 232 g/mol. The maximum atomic E-state index is 11.7. The standard InChI is InChI=1S/C11H16N6O/c1-4-16(3)9(18)7-13-10-11-15-14-8(2)17(11)6-5-12-10/h5-6H,4,7H2,1-3H3,(H,12,13). The van der Waals surface area contributed by atoms with Gasteiger partial charge < -0.3 is 10.2 Å². The second-order valence-corrected chi connectivity index (χ2v) is 3.98. The molecule has 2 aromatic heterocycles. The van der Waals surface area contributed by atoms with Crippen LogP contribution in [0.1, 0.15) is 12.7 Å². The maximum absolute atomic E-state index is 11.7. The molecule has 2 aromatic rings. The molecular formula is C11H16N6O. The first-order valence-corrected chi connectivity index (χ1v) is 5.77. The van der Waals surface area contributed by atoms with E-state index in [4.69, 9.17) is 0 Å². The van der Waals surface area contributed by atoms with E-state index in [9.17, 15) is 4.79 Å². The number of aromatic nitrogens is 4. The van der Waals surface area contributed by atoms with Gasteiger partial charge >= 0.3 is 0 Å². The minimum absolute atomic E-state index is 0.0116. The summed E-state index contributed by atoms with van der Waals surface area (Å²) in [6, 6.07) is 0. The Balaban J connectivity index is 2.15. The van der Waals surface area contributed by atoms with Crippen LogP contribution < -0.4 is 5.32 Å². The molecule has 2 heterocycles. The minimum atomic E-state index is 0.0116. The van der Waals surface area contributed by atoms with Gasteiger partial charge in [0.25, 0.3) is 0 Å². The lowest BCUT2D eigenvalue weighted by molar-refractivity contribution is -0.127. The summed E-state index contributed by atoms with van der Waals surface area (Å²) in [6.45, 7) is 4.67. The van der Waals surface area contributed by atoms with Crippen molar-refractivity contribution < 1.29 is 4.79 Å². The zero-order valence-corrected chi connectivity index (χ0v) is 10.7. The number of hydrogen-bond acceptors (Lipinski definition) is 5. The van der Waals surface area contributed by atoms with Crippen LogP contribution in [0.5, 0.6) is 0 Å². The number of anilines is 1. The Morgan fingerprint density at radius 2 is 2.28 bits per heavy atom. The summed E-state index contributed by atoms with van der Waals surface area (Å²) in [5, 5.41) is 11.0. The Hall–Kier alpha value is -2.18. The van der Waals surface area contributed by atoms with E-state index in [-0.39, 0.29) is 12.5 Å². The molecule has 0 aliphatic heterocycles. The number of nitrogens with zero attached hydrogens (tertiary/aromatic N) is 5. The SMILES string of the molecule is CCN(C)C(=O)CNc1nccn2c(C)nnc12. The summed E-state index contributed by atoms with van der Waals surface area (Å²) in [6.07, 6.45) is 3.44. The van der Waals surface area contributed by atoms with Crippen molar-refractivity contribution in [1.29, 1.82) is 0 Å². The van der Waals surface area contributed by atoms with Crippen LogP contribution in [-0.4, -0.2) is 50.5 Å². The second kappa shape index (κ2) is 4.99. The zero-order valence-electron chi connectivity index (χ0n) is 10.7. The van der Waals surface area contributed by atoms with Crippen molar-refractivity contribution in [2.24, 2.45) is 0 Å². The molecule has 0 saturated heterocycles. The Morgan fingerprint density at radius 1 is 1.50 bits per heavy atom. The van der Waals surface area contributed by atoms with Crippen LogP contribution in [0.25, 0.3) is 5.65 Å². The minimum Gasteiger partial charge on any atom is -0.358 e. The van der Waals surface area contributed by atoms with E-state index in [1.54, 1.807) is 24.3 Å². The molecule has 0 atom stereocenters. The molecule has 18 heavy (non-hydrogen) atoms. The average molecular weight is 248 g/mol. The number of nitrogens with one attached hydrogen (secondary N) is 1. The molecule has 0 radical (unpaired) electrons.